The Balaban J connectivity index is 2.51. The molecule has 0 aliphatic rings. The van der Waals surface area contributed by atoms with Crippen molar-refractivity contribution in [3.8, 4) is 11.5 Å². The lowest BCUT2D eigenvalue weighted by atomic mass is 10.3. The van der Waals surface area contributed by atoms with Crippen molar-refractivity contribution in [1.29, 1.82) is 0 Å². The SMILES string of the molecule is COC(=O)C(N)COc1cccc(OC)c1. The molecule has 0 spiro atoms. The second-order valence-electron chi connectivity index (χ2n) is 3.12. The molecule has 0 amide bonds. The van der Waals surface area contributed by atoms with Crippen LogP contribution in [0, 0.1) is 0 Å². The van der Waals surface area contributed by atoms with E-state index in [-0.39, 0.29) is 6.61 Å². The molecule has 5 nitrogen and oxygen atoms in total. The maximum Gasteiger partial charge on any atom is 0.326 e. The Kier molecular flexibility index (Phi) is 4.60. The molecule has 0 aromatic heterocycles. The van der Waals surface area contributed by atoms with Crippen molar-refractivity contribution in [3.63, 3.8) is 0 Å². The molecule has 0 radical (unpaired) electrons. The fourth-order valence-corrected chi connectivity index (χ4v) is 1.10. The fraction of sp³-hybridized carbons (Fsp3) is 0.364. The van der Waals surface area contributed by atoms with Gasteiger partial charge in [0.15, 0.2) is 0 Å². The van der Waals surface area contributed by atoms with E-state index in [1.165, 1.54) is 7.11 Å². The number of rotatable bonds is 5. The maximum atomic E-state index is 11.0. The van der Waals surface area contributed by atoms with Crippen LogP contribution < -0.4 is 15.2 Å². The van der Waals surface area contributed by atoms with Crippen LogP contribution in [0.2, 0.25) is 0 Å². The molecular weight excluding hydrogens is 210 g/mol. The Labute approximate surface area is 94.1 Å². The van der Waals surface area contributed by atoms with Gasteiger partial charge in [0.25, 0.3) is 0 Å². The van der Waals surface area contributed by atoms with Gasteiger partial charge in [0.05, 0.1) is 14.2 Å². The van der Waals surface area contributed by atoms with E-state index < -0.39 is 12.0 Å². The van der Waals surface area contributed by atoms with Gasteiger partial charge in [-0.3, -0.25) is 4.79 Å². The van der Waals surface area contributed by atoms with Gasteiger partial charge in [-0.2, -0.15) is 0 Å². The van der Waals surface area contributed by atoms with Gasteiger partial charge in [-0.1, -0.05) is 6.07 Å². The standard InChI is InChI=1S/C11H15NO4/c1-14-8-4-3-5-9(6-8)16-7-10(12)11(13)15-2/h3-6,10H,7,12H2,1-2H3. The third-order valence-electron chi connectivity index (χ3n) is 1.97. The highest BCUT2D eigenvalue weighted by molar-refractivity contribution is 5.75. The summed E-state index contributed by atoms with van der Waals surface area (Å²) < 4.78 is 14.8. The minimum absolute atomic E-state index is 0.0693. The van der Waals surface area contributed by atoms with Crippen molar-refractivity contribution in [1.82, 2.24) is 0 Å². The summed E-state index contributed by atoms with van der Waals surface area (Å²) in [6, 6.07) is 6.28. The largest absolute Gasteiger partial charge is 0.497 e. The van der Waals surface area contributed by atoms with Crippen molar-refractivity contribution in [2.75, 3.05) is 20.8 Å². The van der Waals surface area contributed by atoms with Crippen LogP contribution in [0.1, 0.15) is 0 Å². The number of nitrogens with two attached hydrogens (primary N) is 1. The molecule has 0 bridgehead atoms. The lowest BCUT2D eigenvalue weighted by Crippen LogP contribution is -2.37. The molecule has 0 saturated heterocycles. The van der Waals surface area contributed by atoms with Crippen LogP contribution in [-0.4, -0.2) is 32.8 Å². The molecule has 0 aliphatic carbocycles. The van der Waals surface area contributed by atoms with Crippen LogP contribution in [0.3, 0.4) is 0 Å². The van der Waals surface area contributed by atoms with Crippen LogP contribution in [-0.2, 0) is 9.53 Å². The average molecular weight is 225 g/mol. The maximum absolute atomic E-state index is 11.0. The van der Waals surface area contributed by atoms with E-state index in [1.807, 2.05) is 0 Å². The average Bonchev–Trinajstić information content (AvgIpc) is 2.35. The molecule has 16 heavy (non-hydrogen) atoms. The van der Waals surface area contributed by atoms with Crippen LogP contribution in [0.5, 0.6) is 11.5 Å². The molecule has 1 unspecified atom stereocenters. The van der Waals surface area contributed by atoms with E-state index >= 15 is 0 Å². The monoisotopic (exact) mass is 225 g/mol. The van der Waals surface area contributed by atoms with Crippen molar-refractivity contribution in [2.45, 2.75) is 6.04 Å². The van der Waals surface area contributed by atoms with Crippen molar-refractivity contribution < 1.29 is 19.0 Å². The van der Waals surface area contributed by atoms with Crippen molar-refractivity contribution >= 4 is 5.97 Å². The Morgan fingerprint density at radius 3 is 2.69 bits per heavy atom. The van der Waals surface area contributed by atoms with Gasteiger partial charge in [0, 0.05) is 6.07 Å². The third kappa shape index (κ3) is 3.43. The van der Waals surface area contributed by atoms with E-state index in [1.54, 1.807) is 31.4 Å². The number of esters is 1. The second kappa shape index (κ2) is 5.97. The summed E-state index contributed by atoms with van der Waals surface area (Å²) in [4.78, 5) is 11.0. The van der Waals surface area contributed by atoms with Crippen LogP contribution in [0.4, 0.5) is 0 Å². The summed E-state index contributed by atoms with van der Waals surface area (Å²) >= 11 is 0. The highest BCUT2D eigenvalue weighted by atomic mass is 16.5. The number of methoxy groups -OCH3 is 2. The summed E-state index contributed by atoms with van der Waals surface area (Å²) in [6.07, 6.45) is 0. The first-order chi connectivity index (χ1) is 7.67. The van der Waals surface area contributed by atoms with Gasteiger partial charge in [-0.05, 0) is 12.1 Å². The van der Waals surface area contributed by atoms with Gasteiger partial charge in [-0.15, -0.1) is 0 Å². The van der Waals surface area contributed by atoms with Gasteiger partial charge < -0.3 is 19.9 Å². The number of hydrogen-bond donors (Lipinski definition) is 1. The number of hydrogen-bond acceptors (Lipinski definition) is 5. The van der Waals surface area contributed by atoms with E-state index in [2.05, 4.69) is 4.74 Å². The van der Waals surface area contributed by atoms with Crippen LogP contribution in [0.15, 0.2) is 24.3 Å². The normalized spacial score (nSPS) is 11.7. The highest BCUT2D eigenvalue weighted by Crippen LogP contribution is 2.18. The second-order valence-corrected chi connectivity index (χ2v) is 3.12. The first-order valence-corrected chi connectivity index (χ1v) is 4.77. The summed E-state index contributed by atoms with van der Waals surface area (Å²) in [6.45, 7) is 0.0693. The predicted molar refractivity (Wildman–Crippen MR) is 58.5 cm³/mol. The summed E-state index contributed by atoms with van der Waals surface area (Å²) in [5.74, 6) is 0.783. The molecule has 88 valence electrons. The van der Waals surface area contributed by atoms with E-state index in [0.717, 1.165) is 0 Å². The molecule has 0 aliphatic heterocycles. The fourth-order valence-electron chi connectivity index (χ4n) is 1.10. The number of benzene rings is 1. The predicted octanol–water partition coefficient (Wildman–Crippen LogP) is 0.574. The van der Waals surface area contributed by atoms with Gasteiger partial charge >= 0.3 is 5.97 Å². The number of carbonyl (C=O) groups excluding carboxylic acids is 1. The zero-order chi connectivity index (χ0) is 12.0. The molecule has 1 aromatic rings. The van der Waals surface area contributed by atoms with Crippen molar-refractivity contribution in [3.05, 3.63) is 24.3 Å². The number of ether oxygens (including phenoxy) is 3. The Hall–Kier alpha value is -1.75. The van der Waals surface area contributed by atoms with E-state index in [0.29, 0.717) is 11.5 Å². The molecule has 1 aromatic carbocycles. The van der Waals surface area contributed by atoms with Gasteiger partial charge in [0.2, 0.25) is 0 Å². The Bertz CT molecular complexity index is 354. The van der Waals surface area contributed by atoms with Crippen LogP contribution in [0.25, 0.3) is 0 Å². The molecule has 0 fully saturated rings. The summed E-state index contributed by atoms with van der Waals surface area (Å²) in [5, 5.41) is 0. The topological polar surface area (TPSA) is 70.8 Å². The van der Waals surface area contributed by atoms with E-state index in [4.69, 9.17) is 15.2 Å². The summed E-state index contributed by atoms with van der Waals surface area (Å²) in [7, 11) is 2.85. The minimum Gasteiger partial charge on any atom is -0.497 e. The summed E-state index contributed by atoms with van der Waals surface area (Å²) in [5.41, 5.74) is 5.52. The first kappa shape index (κ1) is 12.3. The zero-order valence-corrected chi connectivity index (χ0v) is 9.30. The minimum atomic E-state index is -0.781. The molecule has 1 rings (SSSR count). The Morgan fingerprint density at radius 2 is 2.06 bits per heavy atom. The molecule has 0 saturated carbocycles. The highest BCUT2D eigenvalue weighted by Gasteiger charge is 2.14. The van der Waals surface area contributed by atoms with Gasteiger partial charge in [-0.25, -0.2) is 0 Å². The van der Waals surface area contributed by atoms with E-state index in [9.17, 15) is 4.79 Å². The molecule has 0 heterocycles. The lowest BCUT2D eigenvalue weighted by Gasteiger charge is -2.11. The number of carbonyl (C=O) groups is 1. The molecule has 1 atom stereocenters. The molecule has 5 heteroatoms. The van der Waals surface area contributed by atoms with Crippen molar-refractivity contribution in [2.24, 2.45) is 5.73 Å². The molecular formula is C11H15NO4. The smallest absolute Gasteiger partial charge is 0.326 e. The lowest BCUT2D eigenvalue weighted by molar-refractivity contribution is -0.142. The Morgan fingerprint density at radius 1 is 1.38 bits per heavy atom. The van der Waals surface area contributed by atoms with Gasteiger partial charge in [0.1, 0.15) is 24.1 Å². The zero-order valence-electron chi connectivity index (χ0n) is 9.30. The first-order valence-electron chi connectivity index (χ1n) is 4.77. The quantitative estimate of drug-likeness (QED) is 0.742. The molecule has 2 N–H and O–H groups in total. The third-order valence-corrected chi connectivity index (χ3v) is 1.97. The van der Waals surface area contributed by atoms with Crippen LogP contribution >= 0.6 is 0 Å².